The van der Waals surface area contributed by atoms with E-state index in [0.29, 0.717) is 5.75 Å². The van der Waals surface area contributed by atoms with E-state index in [-0.39, 0.29) is 29.2 Å². The lowest BCUT2D eigenvalue weighted by molar-refractivity contribution is -0.117. The number of allylic oxidation sites excluding steroid dienone is 1. The molecule has 0 bridgehead atoms. The fourth-order valence-electron chi connectivity index (χ4n) is 3.81. The van der Waals surface area contributed by atoms with Crippen molar-refractivity contribution in [2.24, 2.45) is 0 Å². The zero-order chi connectivity index (χ0) is 22.7. The molecule has 162 valence electrons. The molecule has 3 heterocycles. The van der Waals surface area contributed by atoms with E-state index in [1.807, 2.05) is 30.1 Å². The Balaban J connectivity index is 1.46. The number of esters is 1. The molecular formula is C25H23N3O4. The summed E-state index contributed by atoms with van der Waals surface area (Å²) in [5.74, 6) is -0.471. The Hall–Kier alpha value is -4.00. The number of hydrogen-bond donors (Lipinski definition) is 0. The number of benzene rings is 1. The van der Waals surface area contributed by atoms with Gasteiger partial charge in [-0.25, -0.2) is 9.78 Å². The first-order chi connectivity index (χ1) is 15.4. The van der Waals surface area contributed by atoms with E-state index in [1.54, 1.807) is 30.5 Å². The molecule has 1 aromatic carbocycles. The summed E-state index contributed by atoms with van der Waals surface area (Å²) in [5.41, 5.74) is 2.84. The first-order valence-corrected chi connectivity index (χ1v) is 10.2. The largest absolute Gasteiger partial charge is 0.454 e. The number of fused-ring (bicyclic) bond motifs is 1. The molecule has 2 aromatic heterocycles. The van der Waals surface area contributed by atoms with Crippen molar-refractivity contribution in [1.82, 2.24) is 9.97 Å². The highest BCUT2D eigenvalue weighted by Crippen LogP contribution is 2.46. The summed E-state index contributed by atoms with van der Waals surface area (Å²) in [6, 6.07) is 14.6. The van der Waals surface area contributed by atoms with Gasteiger partial charge in [0, 0.05) is 42.3 Å². The van der Waals surface area contributed by atoms with Gasteiger partial charge in [-0.15, -0.1) is 0 Å². The Morgan fingerprint density at radius 2 is 1.84 bits per heavy atom. The van der Waals surface area contributed by atoms with Gasteiger partial charge >= 0.3 is 5.97 Å². The lowest BCUT2D eigenvalue weighted by Gasteiger charge is -2.23. The van der Waals surface area contributed by atoms with Crippen LogP contribution in [0.5, 0.6) is 11.6 Å². The predicted molar refractivity (Wildman–Crippen MR) is 120 cm³/mol. The second-order valence-electron chi connectivity index (χ2n) is 7.92. The maximum atomic E-state index is 12.7. The number of carbonyl (C=O) groups is 2. The number of ether oxygens (including phenoxy) is 2. The molecule has 0 atom stereocenters. The van der Waals surface area contributed by atoms with Crippen molar-refractivity contribution < 1.29 is 19.1 Å². The van der Waals surface area contributed by atoms with Crippen LogP contribution in [0.15, 0.2) is 78.9 Å². The van der Waals surface area contributed by atoms with E-state index in [1.165, 1.54) is 18.5 Å². The Kier molecular flexibility index (Phi) is 5.73. The number of para-hydroxylation sites is 1. The van der Waals surface area contributed by atoms with Gasteiger partial charge < -0.3 is 14.4 Å². The molecule has 1 aliphatic rings. The fourth-order valence-corrected chi connectivity index (χ4v) is 3.81. The minimum Gasteiger partial charge on any atom is -0.454 e. The minimum atomic E-state index is -0.689. The number of hydrogen-bond acceptors (Lipinski definition) is 7. The summed E-state index contributed by atoms with van der Waals surface area (Å²) in [5, 5.41) is 0. The zero-order valence-corrected chi connectivity index (χ0v) is 18.1. The number of carbonyl (C=O) groups excluding carboxylic acids is 2. The summed E-state index contributed by atoms with van der Waals surface area (Å²) in [7, 11) is 1.93. The van der Waals surface area contributed by atoms with E-state index in [9.17, 15) is 9.59 Å². The summed E-state index contributed by atoms with van der Waals surface area (Å²) in [4.78, 5) is 35.4. The number of nitrogens with zero attached hydrogens (tertiary/aromatic N) is 3. The van der Waals surface area contributed by atoms with Crippen LogP contribution in [-0.2, 0) is 14.9 Å². The molecule has 0 aliphatic carbocycles. The molecule has 4 rings (SSSR count). The van der Waals surface area contributed by atoms with Gasteiger partial charge in [0.15, 0.2) is 12.4 Å². The van der Waals surface area contributed by atoms with Crippen molar-refractivity contribution in [3.8, 4) is 11.6 Å². The van der Waals surface area contributed by atoms with E-state index in [2.05, 4.69) is 29.9 Å². The van der Waals surface area contributed by atoms with Crippen LogP contribution in [0.1, 0.15) is 29.8 Å². The average molecular weight is 429 g/mol. The Morgan fingerprint density at radius 3 is 2.59 bits per heavy atom. The Morgan fingerprint density at radius 1 is 1.06 bits per heavy atom. The molecule has 32 heavy (non-hydrogen) atoms. The first kappa shape index (κ1) is 21.2. The monoisotopic (exact) mass is 429 g/mol. The van der Waals surface area contributed by atoms with E-state index in [0.717, 1.165) is 16.9 Å². The number of rotatable bonds is 6. The molecule has 1 aliphatic heterocycles. The molecular weight excluding hydrogens is 406 g/mol. The van der Waals surface area contributed by atoms with E-state index >= 15 is 0 Å². The molecule has 0 N–H and O–H groups in total. The summed E-state index contributed by atoms with van der Waals surface area (Å²) in [6.07, 6.45) is 6.18. The van der Waals surface area contributed by atoms with Crippen LogP contribution in [0, 0.1) is 0 Å². The topological polar surface area (TPSA) is 81.6 Å². The molecule has 0 amide bonds. The van der Waals surface area contributed by atoms with Crippen molar-refractivity contribution in [3.05, 3.63) is 90.0 Å². The molecule has 0 fully saturated rings. The van der Waals surface area contributed by atoms with Crippen molar-refractivity contribution in [2.75, 3.05) is 18.6 Å². The van der Waals surface area contributed by atoms with Gasteiger partial charge in [-0.05, 0) is 35.9 Å². The summed E-state index contributed by atoms with van der Waals surface area (Å²) < 4.78 is 10.9. The number of likely N-dealkylation sites (N-methyl/N-ethyl adjacent to an activating group) is 1. The third-order valence-electron chi connectivity index (χ3n) is 5.42. The second kappa shape index (κ2) is 8.63. The normalized spacial score (nSPS) is 15.3. The smallest absolute Gasteiger partial charge is 0.344 e. The summed E-state index contributed by atoms with van der Waals surface area (Å²) >= 11 is 0. The standard InChI is InChI=1S/C25H23N3O4/c1-25(2)20-10-4-5-11-21(20)28(3)22(25)14-17(29)16-31-24(30)19-9-7-13-27-23(19)32-18-8-6-12-26-15-18/h4-15H,16H2,1-3H3/b22-14+. The highest BCUT2D eigenvalue weighted by molar-refractivity contribution is 5.97. The van der Waals surface area contributed by atoms with Gasteiger partial charge in [0.05, 0.1) is 6.20 Å². The van der Waals surface area contributed by atoms with Crippen LogP contribution in [-0.4, -0.2) is 35.4 Å². The molecule has 3 aromatic rings. The highest BCUT2D eigenvalue weighted by Gasteiger charge is 2.38. The maximum Gasteiger partial charge on any atom is 0.344 e. The third-order valence-corrected chi connectivity index (χ3v) is 5.42. The van der Waals surface area contributed by atoms with Gasteiger partial charge in [0.1, 0.15) is 11.3 Å². The van der Waals surface area contributed by atoms with Gasteiger partial charge in [-0.3, -0.25) is 9.78 Å². The van der Waals surface area contributed by atoms with Crippen LogP contribution in [0.25, 0.3) is 0 Å². The molecule has 7 heteroatoms. The highest BCUT2D eigenvalue weighted by atomic mass is 16.5. The molecule has 0 unspecified atom stereocenters. The Labute approximate surface area is 186 Å². The van der Waals surface area contributed by atoms with Crippen molar-refractivity contribution in [2.45, 2.75) is 19.3 Å². The van der Waals surface area contributed by atoms with Crippen molar-refractivity contribution in [1.29, 1.82) is 0 Å². The average Bonchev–Trinajstić information content (AvgIpc) is 2.99. The van der Waals surface area contributed by atoms with Gasteiger partial charge in [-0.2, -0.15) is 0 Å². The van der Waals surface area contributed by atoms with Crippen molar-refractivity contribution >= 4 is 17.4 Å². The number of pyridine rings is 2. The van der Waals surface area contributed by atoms with Crippen molar-refractivity contribution in [3.63, 3.8) is 0 Å². The van der Waals surface area contributed by atoms with Crippen LogP contribution < -0.4 is 9.64 Å². The Bertz CT molecular complexity index is 1190. The third kappa shape index (κ3) is 4.09. The van der Waals surface area contributed by atoms with E-state index < -0.39 is 5.97 Å². The maximum absolute atomic E-state index is 12.7. The van der Waals surface area contributed by atoms with Gasteiger partial charge in [0.25, 0.3) is 0 Å². The zero-order valence-electron chi connectivity index (χ0n) is 18.1. The number of ketones is 1. The molecule has 0 saturated carbocycles. The quantitative estimate of drug-likeness (QED) is 0.427. The van der Waals surface area contributed by atoms with Gasteiger partial charge in [0.2, 0.25) is 5.88 Å². The molecule has 0 saturated heterocycles. The lowest BCUT2D eigenvalue weighted by atomic mass is 9.83. The number of aromatic nitrogens is 2. The van der Waals surface area contributed by atoms with Crippen LogP contribution in [0.3, 0.4) is 0 Å². The summed E-state index contributed by atoms with van der Waals surface area (Å²) in [6.45, 7) is 3.75. The van der Waals surface area contributed by atoms with Crippen LogP contribution in [0.2, 0.25) is 0 Å². The lowest BCUT2D eigenvalue weighted by Crippen LogP contribution is -2.25. The van der Waals surface area contributed by atoms with E-state index in [4.69, 9.17) is 9.47 Å². The van der Waals surface area contributed by atoms with Gasteiger partial charge in [-0.1, -0.05) is 32.0 Å². The minimum absolute atomic E-state index is 0.0865. The van der Waals surface area contributed by atoms with Crippen LogP contribution in [0.4, 0.5) is 5.69 Å². The molecule has 7 nitrogen and oxygen atoms in total. The predicted octanol–water partition coefficient (Wildman–Crippen LogP) is 4.31. The molecule has 0 radical (unpaired) electrons. The molecule has 0 spiro atoms. The first-order valence-electron chi connectivity index (χ1n) is 10.2. The van der Waals surface area contributed by atoms with Crippen LogP contribution >= 0.6 is 0 Å². The second-order valence-corrected chi connectivity index (χ2v) is 7.92. The fraction of sp³-hybridized carbons (Fsp3) is 0.200. The number of anilines is 1. The SMILES string of the molecule is CN1/C(=C/C(=O)COC(=O)c2cccnc2Oc2cccnc2)C(C)(C)c2ccccc21.